The first-order chi connectivity index (χ1) is 10.6. The molecule has 0 aliphatic heterocycles. The fourth-order valence-corrected chi connectivity index (χ4v) is 2.90. The molecule has 0 spiro atoms. The molecule has 0 saturated heterocycles. The van der Waals surface area contributed by atoms with Gasteiger partial charge in [0.2, 0.25) is 11.1 Å². The van der Waals surface area contributed by atoms with Gasteiger partial charge in [-0.25, -0.2) is 4.98 Å². The normalized spacial score (nSPS) is 15.5. The van der Waals surface area contributed by atoms with Crippen LogP contribution in [0.25, 0.3) is 11.4 Å². The summed E-state index contributed by atoms with van der Waals surface area (Å²) in [6, 6.07) is 8.38. The van der Waals surface area contributed by atoms with E-state index in [0.29, 0.717) is 16.8 Å². The first-order valence-corrected chi connectivity index (χ1v) is 8.52. The Morgan fingerprint density at radius 2 is 2.14 bits per heavy atom. The topological polar surface area (TPSA) is 70.7 Å². The summed E-state index contributed by atoms with van der Waals surface area (Å²) in [5.41, 5.74) is 2.20. The number of hydrogen-bond donors (Lipinski definition) is 2. The lowest BCUT2D eigenvalue weighted by Gasteiger charge is -2.11. The van der Waals surface area contributed by atoms with Crippen LogP contribution >= 0.6 is 11.8 Å². The summed E-state index contributed by atoms with van der Waals surface area (Å²) in [4.78, 5) is 16.3. The fraction of sp³-hybridized carbons (Fsp3) is 0.438. The summed E-state index contributed by atoms with van der Waals surface area (Å²) in [5, 5.41) is 10.7. The van der Waals surface area contributed by atoms with E-state index < -0.39 is 0 Å². The third-order valence-electron chi connectivity index (χ3n) is 3.84. The third kappa shape index (κ3) is 3.88. The Morgan fingerprint density at radius 1 is 1.41 bits per heavy atom. The van der Waals surface area contributed by atoms with Crippen LogP contribution in [0.1, 0.15) is 25.3 Å². The van der Waals surface area contributed by atoms with Crippen LogP contribution in [0.15, 0.2) is 29.4 Å². The lowest BCUT2D eigenvalue weighted by molar-refractivity contribution is -0.119. The van der Waals surface area contributed by atoms with Crippen molar-refractivity contribution in [1.82, 2.24) is 20.5 Å². The highest BCUT2D eigenvalue weighted by molar-refractivity contribution is 7.99. The third-order valence-corrected chi connectivity index (χ3v) is 4.69. The first kappa shape index (κ1) is 15.1. The van der Waals surface area contributed by atoms with Crippen LogP contribution in [-0.2, 0) is 4.79 Å². The van der Waals surface area contributed by atoms with Crippen LogP contribution in [0.3, 0.4) is 0 Å². The molecule has 1 aliphatic carbocycles. The zero-order chi connectivity index (χ0) is 15.5. The Hall–Kier alpha value is -1.82. The molecule has 0 radical (unpaired) electrons. The number of aryl methyl sites for hydroxylation is 1. The smallest absolute Gasteiger partial charge is 0.230 e. The summed E-state index contributed by atoms with van der Waals surface area (Å²) in [5.74, 6) is 1.80. The van der Waals surface area contributed by atoms with Crippen molar-refractivity contribution in [3.63, 3.8) is 0 Å². The second-order valence-electron chi connectivity index (χ2n) is 5.81. The molecule has 2 N–H and O–H groups in total. The van der Waals surface area contributed by atoms with E-state index in [2.05, 4.69) is 27.4 Å². The number of hydrogen-bond acceptors (Lipinski definition) is 4. The molecule has 1 saturated carbocycles. The molecule has 0 unspecified atom stereocenters. The number of amides is 1. The summed E-state index contributed by atoms with van der Waals surface area (Å²) in [6.07, 6.45) is 2.46. The molecule has 1 aromatic carbocycles. The van der Waals surface area contributed by atoms with E-state index in [0.717, 1.165) is 11.4 Å². The molecule has 1 amide bonds. The largest absolute Gasteiger partial charge is 0.353 e. The van der Waals surface area contributed by atoms with Crippen molar-refractivity contribution in [2.24, 2.45) is 5.92 Å². The molecule has 1 heterocycles. The second-order valence-corrected chi connectivity index (χ2v) is 6.76. The Kier molecular flexibility index (Phi) is 4.47. The minimum absolute atomic E-state index is 0.0473. The summed E-state index contributed by atoms with van der Waals surface area (Å²) >= 11 is 1.36. The minimum Gasteiger partial charge on any atom is -0.353 e. The number of carbonyl (C=O) groups is 1. The Morgan fingerprint density at radius 3 is 2.82 bits per heavy atom. The standard InChI is InChI=1S/C16H20N4OS/c1-10-3-5-13(6-4-10)15-18-16(20-19-15)22-9-14(21)17-11(2)12-7-8-12/h3-6,11-12H,7-9H2,1-2H3,(H,17,21)(H,18,19,20)/t11-/m0/s1. The van der Waals surface area contributed by atoms with Crippen molar-refractivity contribution >= 4 is 17.7 Å². The monoisotopic (exact) mass is 316 g/mol. The number of rotatable bonds is 6. The van der Waals surface area contributed by atoms with Gasteiger partial charge in [-0.2, -0.15) is 0 Å². The molecule has 1 atom stereocenters. The molecule has 22 heavy (non-hydrogen) atoms. The van der Waals surface area contributed by atoms with E-state index >= 15 is 0 Å². The summed E-state index contributed by atoms with van der Waals surface area (Å²) in [6.45, 7) is 4.12. The SMILES string of the molecule is Cc1ccc(-c2nc(SCC(=O)N[C@@H](C)C3CC3)n[nH]2)cc1. The maximum atomic E-state index is 11.9. The minimum atomic E-state index is 0.0473. The Labute approximate surface area is 134 Å². The van der Waals surface area contributed by atoms with E-state index in [1.54, 1.807) is 0 Å². The van der Waals surface area contributed by atoms with Crippen LogP contribution < -0.4 is 5.32 Å². The van der Waals surface area contributed by atoms with Gasteiger partial charge in [0.1, 0.15) is 0 Å². The number of benzene rings is 1. The van der Waals surface area contributed by atoms with Crippen molar-refractivity contribution in [2.75, 3.05) is 5.75 Å². The van der Waals surface area contributed by atoms with Crippen molar-refractivity contribution in [1.29, 1.82) is 0 Å². The lowest BCUT2D eigenvalue weighted by Crippen LogP contribution is -2.35. The Bertz CT molecular complexity index is 648. The lowest BCUT2D eigenvalue weighted by atomic mass is 10.1. The van der Waals surface area contributed by atoms with Gasteiger partial charge in [-0.1, -0.05) is 41.6 Å². The fourth-order valence-electron chi connectivity index (χ4n) is 2.29. The second kappa shape index (κ2) is 6.52. The molecule has 5 nitrogen and oxygen atoms in total. The van der Waals surface area contributed by atoms with E-state index in [4.69, 9.17) is 0 Å². The summed E-state index contributed by atoms with van der Waals surface area (Å²) in [7, 11) is 0. The van der Waals surface area contributed by atoms with Gasteiger partial charge in [-0.05, 0) is 32.6 Å². The van der Waals surface area contributed by atoms with Crippen LogP contribution in [0.4, 0.5) is 0 Å². The van der Waals surface area contributed by atoms with Crippen LogP contribution in [0.5, 0.6) is 0 Å². The van der Waals surface area contributed by atoms with Crippen molar-refractivity contribution in [3.05, 3.63) is 29.8 Å². The highest BCUT2D eigenvalue weighted by Gasteiger charge is 2.28. The average molecular weight is 316 g/mol. The van der Waals surface area contributed by atoms with Gasteiger partial charge in [0.25, 0.3) is 0 Å². The molecule has 6 heteroatoms. The highest BCUT2D eigenvalue weighted by atomic mass is 32.2. The van der Waals surface area contributed by atoms with Gasteiger partial charge in [-0.15, -0.1) is 5.10 Å². The van der Waals surface area contributed by atoms with Gasteiger partial charge >= 0.3 is 0 Å². The van der Waals surface area contributed by atoms with Crippen LogP contribution in [-0.4, -0.2) is 32.9 Å². The Balaban J connectivity index is 1.53. The number of nitrogens with one attached hydrogen (secondary N) is 2. The van der Waals surface area contributed by atoms with Gasteiger partial charge < -0.3 is 5.32 Å². The van der Waals surface area contributed by atoms with Crippen molar-refractivity contribution < 1.29 is 4.79 Å². The average Bonchev–Trinajstić information content (AvgIpc) is 3.25. The number of carbonyl (C=O) groups excluding carboxylic acids is 1. The molecule has 1 aromatic heterocycles. The molecule has 1 fully saturated rings. The number of thioether (sulfide) groups is 1. The molecule has 2 aromatic rings. The molecule has 3 rings (SSSR count). The highest BCUT2D eigenvalue weighted by Crippen LogP contribution is 2.32. The van der Waals surface area contributed by atoms with Crippen LogP contribution in [0.2, 0.25) is 0 Å². The number of nitrogens with zero attached hydrogens (tertiary/aromatic N) is 2. The van der Waals surface area contributed by atoms with Gasteiger partial charge in [0, 0.05) is 11.6 Å². The maximum Gasteiger partial charge on any atom is 0.230 e. The predicted octanol–water partition coefficient (Wildman–Crippen LogP) is 2.79. The van der Waals surface area contributed by atoms with E-state index in [-0.39, 0.29) is 11.9 Å². The first-order valence-electron chi connectivity index (χ1n) is 7.53. The van der Waals surface area contributed by atoms with Gasteiger partial charge in [-0.3, -0.25) is 9.89 Å². The molecular formula is C16H20N4OS. The van der Waals surface area contributed by atoms with E-state index in [1.165, 1.54) is 30.2 Å². The van der Waals surface area contributed by atoms with Crippen molar-refractivity contribution in [3.8, 4) is 11.4 Å². The number of aromatic amines is 1. The van der Waals surface area contributed by atoms with E-state index in [9.17, 15) is 4.79 Å². The zero-order valence-corrected chi connectivity index (χ0v) is 13.6. The number of H-pyrrole nitrogens is 1. The zero-order valence-electron chi connectivity index (χ0n) is 12.8. The predicted molar refractivity (Wildman–Crippen MR) is 87.6 cm³/mol. The van der Waals surface area contributed by atoms with Gasteiger partial charge in [0.05, 0.1) is 5.75 Å². The molecular weight excluding hydrogens is 296 g/mol. The number of aromatic nitrogens is 3. The summed E-state index contributed by atoms with van der Waals surface area (Å²) < 4.78 is 0. The molecule has 116 valence electrons. The van der Waals surface area contributed by atoms with Crippen LogP contribution in [0, 0.1) is 12.8 Å². The maximum absolute atomic E-state index is 11.9. The van der Waals surface area contributed by atoms with E-state index in [1.807, 2.05) is 31.2 Å². The quantitative estimate of drug-likeness (QED) is 0.804. The van der Waals surface area contributed by atoms with Gasteiger partial charge in [0.15, 0.2) is 5.82 Å². The molecule has 1 aliphatic rings. The van der Waals surface area contributed by atoms with Crippen molar-refractivity contribution in [2.45, 2.75) is 37.9 Å². The molecule has 0 bridgehead atoms.